The molecule has 0 spiro atoms. The standard InChI is InChI=1S/C27H23F3N2O5/c1-35-24(33)12-16-14-36-23-13-18(10-11-19(16)23)32(26(34)27(28,29)30)22-15-37-25-20(22)8-5-9-21(25)31-17-6-3-2-4-7-17/h2-11,13,16,22,31H,12,14-15H2,1H3/t16-,22-/m1/s1. The van der Waals surface area contributed by atoms with E-state index in [0.29, 0.717) is 33.2 Å². The summed E-state index contributed by atoms with van der Waals surface area (Å²) < 4.78 is 57.5. The number of para-hydroxylation sites is 2. The van der Waals surface area contributed by atoms with Gasteiger partial charge in [0, 0.05) is 34.5 Å². The van der Waals surface area contributed by atoms with Crippen molar-refractivity contribution in [1.29, 1.82) is 0 Å². The summed E-state index contributed by atoms with van der Waals surface area (Å²) in [4.78, 5) is 25.1. The van der Waals surface area contributed by atoms with Crippen molar-refractivity contribution in [2.24, 2.45) is 0 Å². The van der Waals surface area contributed by atoms with Gasteiger partial charge in [0.25, 0.3) is 0 Å². The van der Waals surface area contributed by atoms with Crippen LogP contribution in [0.1, 0.15) is 29.5 Å². The highest BCUT2D eigenvalue weighted by Gasteiger charge is 2.48. The van der Waals surface area contributed by atoms with Crippen molar-refractivity contribution < 1.29 is 37.0 Å². The van der Waals surface area contributed by atoms with E-state index in [1.165, 1.54) is 19.2 Å². The second kappa shape index (κ2) is 9.68. The van der Waals surface area contributed by atoms with Crippen LogP contribution in [0.25, 0.3) is 0 Å². The van der Waals surface area contributed by atoms with E-state index in [1.54, 1.807) is 24.3 Å². The van der Waals surface area contributed by atoms with Gasteiger partial charge in [0.2, 0.25) is 0 Å². The van der Waals surface area contributed by atoms with Crippen LogP contribution >= 0.6 is 0 Å². The van der Waals surface area contributed by atoms with Crippen molar-refractivity contribution in [2.45, 2.75) is 24.6 Å². The molecule has 0 aliphatic carbocycles. The van der Waals surface area contributed by atoms with E-state index in [9.17, 15) is 22.8 Å². The molecule has 5 rings (SSSR count). The summed E-state index contributed by atoms with van der Waals surface area (Å²) >= 11 is 0. The first-order chi connectivity index (χ1) is 17.8. The van der Waals surface area contributed by atoms with Crippen molar-refractivity contribution in [3.63, 3.8) is 0 Å². The molecule has 3 aromatic rings. The number of esters is 1. The number of nitrogens with one attached hydrogen (secondary N) is 1. The third kappa shape index (κ3) is 4.78. The second-order valence-corrected chi connectivity index (χ2v) is 8.72. The highest BCUT2D eigenvalue weighted by Crippen LogP contribution is 2.46. The number of methoxy groups -OCH3 is 1. The first kappa shape index (κ1) is 24.5. The van der Waals surface area contributed by atoms with E-state index < -0.39 is 24.1 Å². The molecule has 192 valence electrons. The van der Waals surface area contributed by atoms with E-state index >= 15 is 0 Å². The molecule has 2 atom stereocenters. The summed E-state index contributed by atoms with van der Waals surface area (Å²) in [5.74, 6) is -2.01. The molecule has 0 aromatic heterocycles. The van der Waals surface area contributed by atoms with Gasteiger partial charge in [0.15, 0.2) is 0 Å². The number of anilines is 3. The Kier molecular flexibility index (Phi) is 6.41. The number of carbonyl (C=O) groups excluding carboxylic acids is 2. The lowest BCUT2D eigenvalue weighted by Gasteiger charge is -2.29. The number of ether oxygens (including phenoxy) is 3. The zero-order chi connectivity index (χ0) is 26.2. The number of rotatable bonds is 6. The zero-order valence-corrected chi connectivity index (χ0v) is 19.7. The molecule has 2 heterocycles. The molecule has 7 nitrogen and oxygen atoms in total. The molecule has 0 saturated heterocycles. The third-order valence-corrected chi connectivity index (χ3v) is 6.41. The highest BCUT2D eigenvalue weighted by molar-refractivity contribution is 5.98. The Morgan fingerprint density at radius 2 is 1.78 bits per heavy atom. The Hall–Kier alpha value is -4.21. The molecule has 0 bridgehead atoms. The average molecular weight is 512 g/mol. The van der Waals surface area contributed by atoms with Gasteiger partial charge in [0.05, 0.1) is 31.9 Å². The van der Waals surface area contributed by atoms with Crippen molar-refractivity contribution in [3.05, 3.63) is 77.9 Å². The maximum atomic E-state index is 13.8. The van der Waals surface area contributed by atoms with Gasteiger partial charge in [-0.05, 0) is 24.3 Å². The quantitative estimate of drug-likeness (QED) is 0.440. The lowest BCUT2D eigenvalue weighted by molar-refractivity contribution is -0.171. The van der Waals surface area contributed by atoms with Crippen molar-refractivity contribution >= 4 is 28.9 Å². The van der Waals surface area contributed by atoms with E-state index in [2.05, 4.69) is 5.32 Å². The van der Waals surface area contributed by atoms with Gasteiger partial charge in [-0.25, -0.2) is 0 Å². The number of amides is 1. The van der Waals surface area contributed by atoms with Crippen molar-refractivity contribution in [1.82, 2.24) is 0 Å². The topological polar surface area (TPSA) is 77.1 Å². The lowest BCUT2D eigenvalue weighted by atomic mass is 9.97. The molecule has 0 radical (unpaired) electrons. The Bertz CT molecular complexity index is 1330. The maximum absolute atomic E-state index is 13.8. The van der Waals surface area contributed by atoms with Gasteiger partial charge < -0.3 is 19.5 Å². The van der Waals surface area contributed by atoms with Crippen molar-refractivity contribution in [2.75, 3.05) is 30.5 Å². The average Bonchev–Trinajstić information content (AvgIpc) is 3.49. The number of benzene rings is 3. The zero-order valence-electron chi connectivity index (χ0n) is 19.7. The molecule has 37 heavy (non-hydrogen) atoms. The summed E-state index contributed by atoms with van der Waals surface area (Å²) in [5, 5.41) is 3.21. The lowest BCUT2D eigenvalue weighted by Crippen LogP contribution is -2.44. The number of nitrogens with zero attached hydrogens (tertiary/aromatic N) is 1. The van der Waals surface area contributed by atoms with Gasteiger partial charge >= 0.3 is 18.1 Å². The first-order valence-electron chi connectivity index (χ1n) is 11.6. The van der Waals surface area contributed by atoms with E-state index in [-0.39, 0.29) is 31.2 Å². The molecule has 0 fully saturated rings. The predicted octanol–water partition coefficient (Wildman–Crippen LogP) is 5.50. The van der Waals surface area contributed by atoms with Gasteiger partial charge in [-0.1, -0.05) is 36.4 Å². The highest BCUT2D eigenvalue weighted by atomic mass is 19.4. The van der Waals surface area contributed by atoms with Crippen LogP contribution in [-0.4, -0.2) is 38.4 Å². The number of alkyl halides is 3. The maximum Gasteiger partial charge on any atom is 0.471 e. The fraction of sp³-hybridized carbons (Fsp3) is 0.259. The fourth-order valence-corrected chi connectivity index (χ4v) is 4.66. The van der Waals surface area contributed by atoms with Crippen LogP contribution in [0, 0.1) is 0 Å². The number of hydrogen-bond donors (Lipinski definition) is 1. The largest absolute Gasteiger partial charge is 0.493 e. The first-order valence-corrected chi connectivity index (χ1v) is 11.6. The third-order valence-electron chi connectivity index (χ3n) is 6.41. The van der Waals surface area contributed by atoms with Gasteiger partial charge in [-0.15, -0.1) is 0 Å². The Morgan fingerprint density at radius 3 is 2.51 bits per heavy atom. The molecule has 2 aliphatic rings. The normalized spacial score (nSPS) is 17.7. The van der Waals surface area contributed by atoms with Crippen LogP contribution in [-0.2, 0) is 14.3 Å². The summed E-state index contributed by atoms with van der Waals surface area (Å²) in [5.41, 5.74) is 2.49. The van der Waals surface area contributed by atoms with E-state index in [4.69, 9.17) is 14.2 Å². The molecule has 1 amide bonds. The fourth-order valence-electron chi connectivity index (χ4n) is 4.66. The predicted molar refractivity (Wildman–Crippen MR) is 129 cm³/mol. The molecule has 0 saturated carbocycles. The van der Waals surface area contributed by atoms with Crippen LogP contribution < -0.4 is 19.7 Å². The van der Waals surface area contributed by atoms with Crippen LogP contribution in [0.15, 0.2) is 66.7 Å². The minimum Gasteiger partial charge on any atom is -0.493 e. The molecular formula is C27H23F3N2O5. The molecule has 10 heteroatoms. The van der Waals surface area contributed by atoms with Gasteiger partial charge in [-0.2, -0.15) is 13.2 Å². The Labute approximate surface area is 210 Å². The Morgan fingerprint density at radius 1 is 1.00 bits per heavy atom. The number of carbonyl (C=O) groups is 2. The minimum absolute atomic E-state index is 0.0164. The van der Waals surface area contributed by atoms with E-state index in [0.717, 1.165) is 5.69 Å². The number of fused-ring (bicyclic) bond motifs is 2. The summed E-state index contributed by atoms with van der Waals surface area (Å²) in [6, 6.07) is 17.8. The van der Waals surface area contributed by atoms with Crippen LogP contribution in [0.3, 0.4) is 0 Å². The molecule has 2 aliphatic heterocycles. The molecule has 3 aromatic carbocycles. The molecule has 1 N–H and O–H groups in total. The summed E-state index contributed by atoms with van der Waals surface area (Å²) in [7, 11) is 1.28. The number of halogens is 3. The van der Waals surface area contributed by atoms with Gasteiger partial charge in [0.1, 0.15) is 18.1 Å². The summed E-state index contributed by atoms with van der Waals surface area (Å²) in [6.07, 6.45) is -5.04. The minimum atomic E-state index is -5.12. The second-order valence-electron chi connectivity index (χ2n) is 8.72. The smallest absolute Gasteiger partial charge is 0.471 e. The molecular weight excluding hydrogens is 489 g/mol. The SMILES string of the molecule is COC(=O)C[C@@H]1COc2cc(N(C(=O)C(F)(F)F)[C@@H]3COc4c(Nc5ccccc5)cccc43)ccc21. The summed E-state index contributed by atoms with van der Waals surface area (Å²) in [6.45, 7) is 0.0263. The number of hydrogen-bond acceptors (Lipinski definition) is 6. The van der Waals surface area contributed by atoms with Crippen molar-refractivity contribution in [3.8, 4) is 11.5 Å². The van der Waals surface area contributed by atoms with E-state index in [1.807, 2.05) is 30.3 Å². The molecule has 0 unspecified atom stereocenters. The van der Waals surface area contributed by atoms with Crippen LogP contribution in [0.4, 0.5) is 30.2 Å². The van der Waals surface area contributed by atoms with Crippen LogP contribution in [0.5, 0.6) is 11.5 Å². The van der Waals surface area contributed by atoms with Crippen LogP contribution in [0.2, 0.25) is 0 Å². The Balaban J connectivity index is 1.50. The monoisotopic (exact) mass is 512 g/mol. The van der Waals surface area contributed by atoms with Gasteiger partial charge in [-0.3, -0.25) is 14.5 Å².